The van der Waals surface area contributed by atoms with Crippen molar-refractivity contribution in [2.75, 3.05) is 17.2 Å². The van der Waals surface area contributed by atoms with Crippen LogP contribution in [0.15, 0.2) is 6.20 Å². The monoisotopic (exact) mass is 261 g/mol. The third-order valence-corrected chi connectivity index (χ3v) is 4.54. The zero-order valence-corrected chi connectivity index (χ0v) is 10.9. The summed E-state index contributed by atoms with van der Waals surface area (Å²) in [6.45, 7) is 1.62. The van der Waals surface area contributed by atoms with Gasteiger partial charge in [-0.3, -0.25) is 4.68 Å². The Bertz CT molecular complexity index is 467. The van der Waals surface area contributed by atoms with Crippen LogP contribution in [0, 0.1) is 0 Å². The van der Waals surface area contributed by atoms with Gasteiger partial charge in [-0.2, -0.15) is 5.10 Å². The zero-order valence-electron chi connectivity index (χ0n) is 10.1. The number of rotatable bonds is 6. The topological polar surface area (TPSA) is 98.2 Å². The van der Waals surface area contributed by atoms with E-state index in [1.165, 1.54) is 10.9 Å². The fourth-order valence-electron chi connectivity index (χ4n) is 1.52. The highest BCUT2D eigenvalue weighted by molar-refractivity contribution is 7.91. The van der Waals surface area contributed by atoms with Gasteiger partial charge in [0.1, 0.15) is 15.7 Å². The Balaban J connectivity index is 2.51. The van der Waals surface area contributed by atoms with Crippen molar-refractivity contribution in [3.05, 3.63) is 11.8 Å². The van der Waals surface area contributed by atoms with E-state index in [1.807, 2.05) is 0 Å². The molecule has 1 aromatic heterocycles. The van der Waals surface area contributed by atoms with Crippen molar-refractivity contribution >= 4 is 15.7 Å². The number of sulfone groups is 1. The van der Waals surface area contributed by atoms with Crippen LogP contribution in [0.4, 0.5) is 5.82 Å². The molecule has 1 rings (SSSR count). The van der Waals surface area contributed by atoms with Gasteiger partial charge in [-0.1, -0.05) is 6.92 Å². The summed E-state index contributed by atoms with van der Waals surface area (Å²) in [5.41, 5.74) is 6.27. The molecule has 0 fully saturated rings. The highest BCUT2D eigenvalue weighted by Crippen LogP contribution is 2.23. The Hall–Kier alpha value is -1.08. The van der Waals surface area contributed by atoms with Gasteiger partial charge >= 0.3 is 0 Å². The number of nitrogens with zero attached hydrogens (tertiary/aromatic N) is 2. The lowest BCUT2D eigenvalue weighted by Gasteiger charge is -2.09. The summed E-state index contributed by atoms with van der Waals surface area (Å²) < 4.78 is 24.0. The summed E-state index contributed by atoms with van der Waals surface area (Å²) in [6, 6.07) is 0. The number of aryl methyl sites for hydroxylation is 1. The Labute approximate surface area is 101 Å². The standard InChI is InChI=1S/C10H19N3O3S/c1-3-17(15,16)6-4-5-9(14)8-7-12-13(2)10(8)11/h7,9,14H,3-6,11H2,1-2H3. The fraction of sp³-hybridized carbons (Fsp3) is 0.700. The van der Waals surface area contributed by atoms with Crippen molar-refractivity contribution < 1.29 is 13.5 Å². The van der Waals surface area contributed by atoms with Crippen molar-refractivity contribution in [3.8, 4) is 0 Å². The summed E-state index contributed by atoms with van der Waals surface area (Å²) in [7, 11) is -1.28. The molecule has 1 heterocycles. The molecular weight excluding hydrogens is 242 g/mol. The maximum atomic E-state index is 11.3. The second kappa shape index (κ2) is 5.50. The van der Waals surface area contributed by atoms with Gasteiger partial charge in [0, 0.05) is 18.4 Å². The van der Waals surface area contributed by atoms with E-state index in [0.717, 1.165) is 0 Å². The highest BCUT2D eigenvalue weighted by atomic mass is 32.2. The normalized spacial score (nSPS) is 13.8. The molecule has 3 N–H and O–H groups in total. The number of nitrogen functional groups attached to an aromatic ring is 1. The maximum Gasteiger partial charge on any atom is 0.150 e. The Morgan fingerprint density at radius 3 is 2.71 bits per heavy atom. The molecule has 17 heavy (non-hydrogen) atoms. The molecule has 7 heteroatoms. The van der Waals surface area contributed by atoms with E-state index < -0.39 is 15.9 Å². The molecule has 6 nitrogen and oxygen atoms in total. The molecule has 1 unspecified atom stereocenters. The summed E-state index contributed by atoms with van der Waals surface area (Å²) >= 11 is 0. The molecule has 98 valence electrons. The van der Waals surface area contributed by atoms with Crippen LogP contribution in [0.2, 0.25) is 0 Å². The van der Waals surface area contributed by atoms with Crippen molar-refractivity contribution in [2.24, 2.45) is 7.05 Å². The van der Waals surface area contributed by atoms with E-state index in [1.54, 1.807) is 14.0 Å². The minimum Gasteiger partial charge on any atom is -0.388 e. The van der Waals surface area contributed by atoms with Crippen LogP contribution in [-0.4, -0.2) is 34.8 Å². The fourth-order valence-corrected chi connectivity index (χ4v) is 2.41. The third kappa shape index (κ3) is 3.71. The largest absolute Gasteiger partial charge is 0.388 e. The molecule has 0 saturated heterocycles. The first-order valence-corrected chi connectivity index (χ1v) is 7.35. The van der Waals surface area contributed by atoms with E-state index in [0.29, 0.717) is 24.2 Å². The Kier molecular flexibility index (Phi) is 4.53. The second-order valence-electron chi connectivity index (χ2n) is 4.00. The lowest BCUT2D eigenvalue weighted by Crippen LogP contribution is -2.10. The number of nitrogens with two attached hydrogens (primary N) is 1. The molecule has 1 aromatic rings. The van der Waals surface area contributed by atoms with Gasteiger partial charge in [0.15, 0.2) is 0 Å². The van der Waals surface area contributed by atoms with Crippen LogP contribution in [0.3, 0.4) is 0 Å². The van der Waals surface area contributed by atoms with Crippen molar-refractivity contribution in [2.45, 2.75) is 25.9 Å². The maximum absolute atomic E-state index is 11.3. The van der Waals surface area contributed by atoms with Gasteiger partial charge in [-0.25, -0.2) is 8.42 Å². The molecule has 0 saturated carbocycles. The lowest BCUT2D eigenvalue weighted by atomic mass is 10.1. The van der Waals surface area contributed by atoms with Gasteiger partial charge in [0.05, 0.1) is 18.1 Å². The van der Waals surface area contributed by atoms with Crippen molar-refractivity contribution in [3.63, 3.8) is 0 Å². The molecule has 0 aliphatic rings. The molecule has 0 aromatic carbocycles. The number of hydrogen-bond donors (Lipinski definition) is 2. The Morgan fingerprint density at radius 1 is 1.59 bits per heavy atom. The van der Waals surface area contributed by atoms with E-state index >= 15 is 0 Å². The van der Waals surface area contributed by atoms with Crippen molar-refractivity contribution in [1.29, 1.82) is 0 Å². The smallest absolute Gasteiger partial charge is 0.150 e. The van der Waals surface area contributed by atoms with E-state index in [-0.39, 0.29) is 11.5 Å². The van der Waals surface area contributed by atoms with Crippen LogP contribution >= 0.6 is 0 Å². The minimum absolute atomic E-state index is 0.0979. The van der Waals surface area contributed by atoms with Crippen molar-refractivity contribution in [1.82, 2.24) is 9.78 Å². The Morgan fingerprint density at radius 2 is 2.24 bits per heavy atom. The van der Waals surface area contributed by atoms with Gasteiger partial charge in [0.2, 0.25) is 0 Å². The summed E-state index contributed by atoms with van der Waals surface area (Å²) in [5, 5.41) is 13.8. The van der Waals surface area contributed by atoms with Crippen LogP contribution in [0.5, 0.6) is 0 Å². The number of aliphatic hydroxyl groups excluding tert-OH is 1. The molecule has 0 amide bonds. The van der Waals surface area contributed by atoms with Crippen LogP contribution in [0.1, 0.15) is 31.4 Å². The average Bonchev–Trinajstić information content (AvgIpc) is 2.59. The van der Waals surface area contributed by atoms with Gasteiger partial charge in [0.25, 0.3) is 0 Å². The van der Waals surface area contributed by atoms with Gasteiger partial charge < -0.3 is 10.8 Å². The van der Waals surface area contributed by atoms with E-state index in [4.69, 9.17) is 5.73 Å². The molecular formula is C10H19N3O3S. The predicted molar refractivity (Wildman–Crippen MR) is 66.1 cm³/mol. The summed E-state index contributed by atoms with van der Waals surface area (Å²) in [6.07, 6.45) is 1.55. The second-order valence-corrected chi connectivity index (χ2v) is 6.48. The van der Waals surface area contributed by atoms with Crippen LogP contribution < -0.4 is 5.73 Å². The molecule has 0 aliphatic heterocycles. The minimum atomic E-state index is -2.97. The number of hydrogen-bond acceptors (Lipinski definition) is 5. The molecule has 0 bridgehead atoms. The van der Waals surface area contributed by atoms with Crippen LogP contribution in [0.25, 0.3) is 0 Å². The molecule has 1 atom stereocenters. The number of aromatic nitrogens is 2. The van der Waals surface area contributed by atoms with Crippen LogP contribution in [-0.2, 0) is 16.9 Å². The number of aliphatic hydroxyl groups is 1. The molecule has 0 aliphatic carbocycles. The third-order valence-electron chi connectivity index (χ3n) is 2.75. The first-order chi connectivity index (χ1) is 7.87. The molecule has 0 radical (unpaired) electrons. The summed E-state index contributed by atoms with van der Waals surface area (Å²) in [5.74, 6) is 0.648. The number of anilines is 1. The van der Waals surface area contributed by atoms with E-state index in [9.17, 15) is 13.5 Å². The van der Waals surface area contributed by atoms with Gasteiger partial charge in [-0.05, 0) is 12.8 Å². The van der Waals surface area contributed by atoms with E-state index in [2.05, 4.69) is 5.10 Å². The SMILES string of the molecule is CCS(=O)(=O)CCCC(O)c1cnn(C)c1N. The first kappa shape index (κ1) is 14.0. The quantitative estimate of drug-likeness (QED) is 0.765. The average molecular weight is 261 g/mol. The van der Waals surface area contributed by atoms with Gasteiger partial charge in [-0.15, -0.1) is 0 Å². The molecule has 0 spiro atoms. The lowest BCUT2D eigenvalue weighted by molar-refractivity contribution is 0.167. The zero-order chi connectivity index (χ0) is 13.1. The summed E-state index contributed by atoms with van der Waals surface area (Å²) in [4.78, 5) is 0. The predicted octanol–water partition coefficient (Wildman–Crippen LogP) is 0.251. The first-order valence-electron chi connectivity index (χ1n) is 5.53. The highest BCUT2D eigenvalue weighted by Gasteiger charge is 2.16.